The third kappa shape index (κ3) is 4.94. The highest BCUT2D eigenvalue weighted by Crippen LogP contribution is 2.32. The molecule has 0 bridgehead atoms. The van der Waals surface area contributed by atoms with Crippen LogP contribution in [0.15, 0.2) is 54.9 Å². The molecule has 0 spiro atoms. The van der Waals surface area contributed by atoms with Crippen molar-refractivity contribution in [3.63, 3.8) is 0 Å². The number of aromatic nitrogens is 1. The number of aromatic carboxylic acids is 1. The number of carbonyl (C=O) groups excluding carboxylic acids is 2. The summed E-state index contributed by atoms with van der Waals surface area (Å²) in [6.45, 7) is 0.348. The lowest BCUT2D eigenvalue weighted by Crippen LogP contribution is -2.50. The van der Waals surface area contributed by atoms with Crippen LogP contribution in [0.25, 0.3) is 0 Å². The maximum absolute atomic E-state index is 12.9. The molecule has 8 nitrogen and oxygen atoms in total. The lowest BCUT2D eigenvalue weighted by Gasteiger charge is -2.38. The number of carbonyl (C=O) groups is 3. The molecule has 2 atom stereocenters. The minimum absolute atomic E-state index is 0.0965. The molecule has 0 aliphatic carbocycles. The highest BCUT2D eigenvalue weighted by atomic mass is 16.6. The summed E-state index contributed by atoms with van der Waals surface area (Å²) in [6, 6.07) is 11.9. The molecular formula is C22H25N2O6+. The van der Waals surface area contributed by atoms with Crippen molar-refractivity contribution < 1.29 is 33.5 Å². The van der Waals surface area contributed by atoms with Gasteiger partial charge in [0.2, 0.25) is 0 Å². The number of esters is 1. The maximum Gasteiger partial charge on any atom is 0.414 e. The van der Waals surface area contributed by atoms with E-state index in [4.69, 9.17) is 14.6 Å². The predicted molar refractivity (Wildman–Crippen MR) is 106 cm³/mol. The zero-order valence-corrected chi connectivity index (χ0v) is 16.8. The number of carboxylic acids is 1. The Balaban J connectivity index is 1.77. The standard InChI is InChI=1S/C22H24N2O6/c1-29-21(27)19(16-8-3-2-4-9-16)18-11-5-6-13-24(18)22(28)30-15-23-12-7-10-17(14-23)20(25)26/h2-4,7-10,12,14,18-19H,5-6,11,13,15H2,1H3/p+1/t18-,19?/m1/s1. The number of carboxylic acid groups (broad SMARTS) is 1. The molecular weight excluding hydrogens is 388 g/mol. The number of benzene rings is 1. The number of nitrogens with zero attached hydrogens (tertiary/aromatic N) is 2. The minimum Gasteiger partial charge on any atom is -0.477 e. The lowest BCUT2D eigenvalue weighted by atomic mass is 9.85. The number of ether oxygens (including phenoxy) is 2. The molecule has 1 amide bonds. The van der Waals surface area contributed by atoms with Gasteiger partial charge in [0, 0.05) is 12.6 Å². The number of hydrogen-bond donors (Lipinski definition) is 1. The molecule has 1 fully saturated rings. The van der Waals surface area contributed by atoms with Gasteiger partial charge < -0.3 is 19.5 Å². The second kappa shape index (κ2) is 9.87. The van der Waals surface area contributed by atoms with Crippen LogP contribution in [-0.2, 0) is 21.0 Å². The van der Waals surface area contributed by atoms with Crippen molar-refractivity contribution in [3.05, 3.63) is 66.0 Å². The van der Waals surface area contributed by atoms with Gasteiger partial charge in [-0.25, -0.2) is 9.59 Å². The van der Waals surface area contributed by atoms with Gasteiger partial charge >= 0.3 is 18.0 Å². The first-order valence-corrected chi connectivity index (χ1v) is 9.80. The maximum atomic E-state index is 12.9. The molecule has 2 heterocycles. The van der Waals surface area contributed by atoms with E-state index in [1.165, 1.54) is 23.9 Å². The third-order valence-corrected chi connectivity index (χ3v) is 5.22. The highest BCUT2D eigenvalue weighted by molar-refractivity contribution is 5.86. The van der Waals surface area contributed by atoms with Gasteiger partial charge in [-0.3, -0.25) is 4.79 Å². The van der Waals surface area contributed by atoms with E-state index in [2.05, 4.69) is 0 Å². The van der Waals surface area contributed by atoms with Crippen LogP contribution >= 0.6 is 0 Å². The average molecular weight is 413 g/mol. The molecule has 1 aromatic heterocycles. The number of methoxy groups -OCH3 is 1. The number of hydrogen-bond acceptors (Lipinski definition) is 5. The molecule has 1 unspecified atom stereocenters. The Bertz CT molecular complexity index is 902. The zero-order valence-electron chi connectivity index (χ0n) is 16.8. The first-order chi connectivity index (χ1) is 14.5. The molecule has 1 saturated heterocycles. The topological polar surface area (TPSA) is 97.0 Å². The molecule has 1 aliphatic heterocycles. The Hall–Kier alpha value is -3.42. The summed E-state index contributed by atoms with van der Waals surface area (Å²) in [7, 11) is 1.34. The van der Waals surface area contributed by atoms with Gasteiger partial charge in [-0.1, -0.05) is 30.3 Å². The van der Waals surface area contributed by atoms with E-state index in [-0.39, 0.29) is 18.3 Å². The van der Waals surface area contributed by atoms with Crippen LogP contribution in [0.4, 0.5) is 4.79 Å². The molecule has 30 heavy (non-hydrogen) atoms. The number of likely N-dealkylation sites (tertiary alicyclic amines) is 1. The Kier molecular flexibility index (Phi) is 7.00. The van der Waals surface area contributed by atoms with Crippen molar-refractivity contribution in [2.45, 2.75) is 38.0 Å². The first kappa shape index (κ1) is 21.3. The van der Waals surface area contributed by atoms with E-state index >= 15 is 0 Å². The summed E-state index contributed by atoms with van der Waals surface area (Å²) < 4.78 is 12.0. The van der Waals surface area contributed by atoms with E-state index in [1.54, 1.807) is 17.2 Å². The van der Waals surface area contributed by atoms with Crippen LogP contribution in [0.1, 0.15) is 41.1 Å². The minimum atomic E-state index is -1.06. The summed E-state index contributed by atoms with van der Waals surface area (Å²) in [5, 5.41) is 9.10. The predicted octanol–water partition coefficient (Wildman–Crippen LogP) is 2.58. The van der Waals surface area contributed by atoms with Gasteiger partial charge in [-0.15, -0.1) is 0 Å². The quantitative estimate of drug-likeness (QED) is 0.578. The summed E-state index contributed by atoms with van der Waals surface area (Å²) >= 11 is 0. The van der Waals surface area contributed by atoms with E-state index in [9.17, 15) is 14.4 Å². The Morgan fingerprint density at radius 1 is 1.17 bits per heavy atom. The van der Waals surface area contributed by atoms with Crippen molar-refractivity contribution in [2.75, 3.05) is 13.7 Å². The number of amides is 1. The molecule has 1 aromatic carbocycles. The van der Waals surface area contributed by atoms with Crippen LogP contribution in [0.2, 0.25) is 0 Å². The molecule has 158 valence electrons. The van der Waals surface area contributed by atoms with Gasteiger partial charge in [0.25, 0.3) is 6.73 Å². The summed E-state index contributed by atoms with van der Waals surface area (Å²) in [4.78, 5) is 38.2. The Morgan fingerprint density at radius 2 is 1.93 bits per heavy atom. The molecule has 8 heteroatoms. The van der Waals surface area contributed by atoms with E-state index in [0.29, 0.717) is 13.0 Å². The van der Waals surface area contributed by atoms with Gasteiger partial charge in [0.1, 0.15) is 11.5 Å². The number of piperidine rings is 1. The molecule has 1 N–H and O–H groups in total. The van der Waals surface area contributed by atoms with Gasteiger partial charge in [0.15, 0.2) is 12.4 Å². The van der Waals surface area contributed by atoms with E-state index < -0.39 is 23.9 Å². The Morgan fingerprint density at radius 3 is 2.63 bits per heavy atom. The molecule has 0 saturated carbocycles. The second-order valence-electron chi connectivity index (χ2n) is 7.12. The van der Waals surface area contributed by atoms with Crippen LogP contribution in [-0.4, -0.2) is 47.7 Å². The van der Waals surface area contributed by atoms with Crippen LogP contribution in [0, 0.1) is 0 Å². The molecule has 0 radical (unpaired) electrons. The largest absolute Gasteiger partial charge is 0.477 e. The fourth-order valence-corrected chi connectivity index (χ4v) is 3.77. The molecule has 1 aliphatic rings. The molecule has 2 aromatic rings. The first-order valence-electron chi connectivity index (χ1n) is 9.80. The summed E-state index contributed by atoms with van der Waals surface area (Å²) in [6.07, 6.45) is 4.84. The summed E-state index contributed by atoms with van der Waals surface area (Å²) in [5.41, 5.74) is 0.886. The van der Waals surface area contributed by atoms with Crippen molar-refractivity contribution in [1.82, 2.24) is 4.90 Å². The third-order valence-electron chi connectivity index (χ3n) is 5.22. The smallest absolute Gasteiger partial charge is 0.414 e. The van der Waals surface area contributed by atoms with Gasteiger partial charge in [-0.05, 0) is 30.9 Å². The molecule has 3 rings (SSSR count). The number of pyridine rings is 1. The lowest BCUT2D eigenvalue weighted by molar-refractivity contribution is -0.727. The van der Waals surface area contributed by atoms with Crippen molar-refractivity contribution in [1.29, 1.82) is 0 Å². The number of rotatable bonds is 6. The van der Waals surface area contributed by atoms with Gasteiger partial charge in [-0.2, -0.15) is 4.57 Å². The zero-order chi connectivity index (χ0) is 21.5. The second-order valence-corrected chi connectivity index (χ2v) is 7.12. The van der Waals surface area contributed by atoms with Crippen molar-refractivity contribution in [3.8, 4) is 0 Å². The fraction of sp³-hybridized carbons (Fsp3) is 0.364. The van der Waals surface area contributed by atoms with E-state index in [1.807, 2.05) is 30.3 Å². The summed E-state index contributed by atoms with van der Waals surface area (Å²) in [5.74, 6) is -2.06. The SMILES string of the molecule is COC(=O)C(c1ccccc1)[C@H]1CCCCN1C(=O)OC[n+]1cccc(C(=O)O)c1. The fourth-order valence-electron chi connectivity index (χ4n) is 3.77. The normalized spacial score (nSPS) is 17.1. The monoisotopic (exact) mass is 413 g/mol. The average Bonchev–Trinajstić information content (AvgIpc) is 2.78. The van der Waals surface area contributed by atoms with Gasteiger partial charge in [0.05, 0.1) is 13.2 Å². The van der Waals surface area contributed by atoms with Crippen LogP contribution in [0.3, 0.4) is 0 Å². The Labute approximate surface area is 174 Å². The van der Waals surface area contributed by atoms with Crippen molar-refractivity contribution >= 4 is 18.0 Å². The van der Waals surface area contributed by atoms with Crippen molar-refractivity contribution in [2.24, 2.45) is 0 Å². The highest BCUT2D eigenvalue weighted by Gasteiger charge is 2.39. The van der Waals surface area contributed by atoms with Crippen LogP contribution in [0.5, 0.6) is 0 Å². The van der Waals surface area contributed by atoms with E-state index in [0.717, 1.165) is 18.4 Å². The van der Waals surface area contributed by atoms with Crippen LogP contribution < -0.4 is 4.57 Å².